The van der Waals surface area contributed by atoms with Crippen LogP contribution in [0.3, 0.4) is 0 Å². The number of halogens is 1. The zero-order valence-electron chi connectivity index (χ0n) is 13.5. The molecule has 0 saturated heterocycles. The molecule has 0 nitrogen and oxygen atoms in total. The zero-order valence-corrected chi connectivity index (χ0v) is 14.2. The van der Waals surface area contributed by atoms with Gasteiger partial charge in [-0.2, -0.15) is 0 Å². The van der Waals surface area contributed by atoms with Crippen molar-refractivity contribution in [3.8, 4) is 22.3 Å². The molecule has 24 heavy (non-hydrogen) atoms. The Hall–Kier alpha value is -2.57. The molecule has 4 aromatic carbocycles. The van der Waals surface area contributed by atoms with E-state index in [9.17, 15) is 0 Å². The van der Waals surface area contributed by atoms with Crippen molar-refractivity contribution in [3.05, 3.63) is 95.5 Å². The van der Waals surface area contributed by atoms with Gasteiger partial charge < -0.3 is 0 Å². The predicted octanol–water partition coefficient (Wildman–Crippen LogP) is 7.14. The Morgan fingerprint density at radius 1 is 0.583 bits per heavy atom. The molecule has 1 heteroatoms. The smallest absolute Gasteiger partial charge is 0.0412 e. The summed E-state index contributed by atoms with van der Waals surface area (Å²) in [4.78, 5) is 0. The molecule has 0 amide bonds. The fourth-order valence-corrected chi connectivity index (χ4v) is 3.49. The normalized spacial score (nSPS) is 10.9. The van der Waals surface area contributed by atoms with Crippen LogP contribution in [0.1, 0.15) is 5.56 Å². The van der Waals surface area contributed by atoms with Crippen LogP contribution in [0, 0.1) is 6.92 Å². The molecule has 0 aliphatic heterocycles. The molecule has 0 unspecified atom stereocenters. The Labute approximate surface area is 147 Å². The van der Waals surface area contributed by atoms with E-state index in [1.807, 2.05) is 12.1 Å². The summed E-state index contributed by atoms with van der Waals surface area (Å²) in [6.45, 7) is 2.19. The summed E-state index contributed by atoms with van der Waals surface area (Å²) in [6, 6.07) is 29.5. The monoisotopic (exact) mass is 328 g/mol. The van der Waals surface area contributed by atoms with E-state index >= 15 is 0 Å². The highest BCUT2D eigenvalue weighted by Crippen LogP contribution is 2.38. The molecule has 4 rings (SSSR count). The van der Waals surface area contributed by atoms with Gasteiger partial charge in [0, 0.05) is 5.02 Å². The molecule has 0 heterocycles. The van der Waals surface area contributed by atoms with Crippen LogP contribution in [0.15, 0.2) is 84.9 Å². The van der Waals surface area contributed by atoms with Gasteiger partial charge in [-0.25, -0.2) is 0 Å². The number of hydrogen-bond donors (Lipinski definition) is 0. The number of hydrogen-bond acceptors (Lipinski definition) is 0. The van der Waals surface area contributed by atoms with Crippen molar-refractivity contribution in [2.75, 3.05) is 0 Å². The Kier molecular flexibility index (Phi) is 3.84. The molecule has 0 spiro atoms. The van der Waals surface area contributed by atoms with E-state index in [1.54, 1.807) is 0 Å². The molecule has 0 saturated carbocycles. The Balaban J connectivity index is 2.10. The van der Waals surface area contributed by atoms with E-state index in [1.165, 1.54) is 38.6 Å². The van der Waals surface area contributed by atoms with Gasteiger partial charge >= 0.3 is 0 Å². The minimum absolute atomic E-state index is 0.770. The summed E-state index contributed by atoms with van der Waals surface area (Å²) in [6.07, 6.45) is 0. The van der Waals surface area contributed by atoms with Gasteiger partial charge in [-0.3, -0.25) is 0 Å². The van der Waals surface area contributed by atoms with Crippen molar-refractivity contribution in [3.63, 3.8) is 0 Å². The predicted molar refractivity (Wildman–Crippen MR) is 105 cm³/mol. The van der Waals surface area contributed by atoms with Gasteiger partial charge in [-0.1, -0.05) is 78.3 Å². The van der Waals surface area contributed by atoms with Gasteiger partial charge in [0.05, 0.1) is 0 Å². The SMILES string of the molecule is Cc1c(-c2ccccc2)cc(-c2ccccc2)c2cc(Cl)ccc12. The zero-order chi connectivity index (χ0) is 16.5. The van der Waals surface area contributed by atoms with Crippen molar-refractivity contribution < 1.29 is 0 Å². The molecule has 0 aliphatic carbocycles. The molecule has 0 radical (unpaired) electrons. The highest BCUT2D eigenvalue weighted by Gasteiger charge is 2.12. The van der Waals surface area contributed by atoms with Gasteiger partial charge in [0.1, 0.15) is 0 Å². The molecule has 4 aromatic rings. The third-order valence-corrected chi connectivity index (χ3v) is 4.77. The number of aryl methyl sites for hydroxylation is 1. The van der Waals surface area contributed by atoms with E-state index in [-0.39, 0.29) is 0 Å². The van der Waals surface area contributed by atoms with Crippen molar-refractivity contribution in [1.82, 2.24) is 0 Å². The van der Waals surface area contributed by atoms with Crippen LogP contribution in [0.4, 0.5) is 0 Å². The van der Waals surface area contributed by atoms with Crippen LogP contribution in [-0.4, -0.2) is 0 Å². The first kappa shape index (κ1) is 15.0. The Morgan fingerprint density at radius 2 is 1.17 bits per heavy atom. The summed E-state index contributed by atoms with van der Waals surface area (Å²) < 4.78 is 0. The molecule has 0 atom stereocenters. The minimum Gasteiger partial charge on any atom is -0.0843 e. The fourth-order valence-electron chi connectivity index (χ4n) is 3.32. The van der Waals surface area contributed by atoms with Crippen LogP contribution >= 0.6 is 11.6 Å². The van der Waals surface area contributed by atoms with E-state index in [2.05, 4.69) is 79.7 Å². The van der Waals surface area contributed by atoms with Crippen LogP contribution in [0.5, 0.6) is 0 Å². The average molecular weight is 329 g/mol. The Bertz CT molecular complexity index is 1000. The average Bonchev–Trinajstić information content (AvgIpc) is 2.63. The molecular formula is C23H17Cl. The van der Waals surface area contributed by atoms with Gasteiger partial charge in [-0.15, -0.1) is 0 Å². The maximum atomic E-state index is 6.29. The molecule has 0 aliphatic rings. The fraction of sp³-hybridized carbons (Fsp3) is 0.0435. The quantitative estimate of drug-likeness (QED) is 0.367. The summed E-state index contributed by atoms with van der Waals surface area (Å²) in [5.74, 6) is 0. The van der Waals surface area contributed by atoms with E-state index in [0.717, 1.165) is 5.02 Å². The van der Waals surface area contributed by atoms with Crippen LogP contribution in [0.2, 0.25) is 5.02 Å². The largest absolute Gasteiger partial charge is 0.0843 e. The second-order valence-corrected chi connectivity index (χ2v) is 6.46. The van der Waals surface area contributed by atoms with Crippen molar-refractivity contribution in [2.45, 2.75) is 6.92 Å². The lowest BCUT2D eigenvalue weighted by Gasteiger charge is -2.15. The standard InChI is InChI=1S/C23H17Cl/c1-16-20-13-12-19(24)14-23(20)22(18-10-6-3-7-11-18)15-21(16)17-8-4-2-5-9-17/h2-15H,1H3. The second-order valence-electron chi connectivity index (χ2n) is 6.02. The molecule has 0 bridgehead atoms. The van der Waals surface area contributed by atoms with E-state index < -0.39 is 0 Å². The third kappa shape index (κ3) is 2.60. The number of fused-ring (bicyclic) bond motifs is 1. The van der Waals surface area contributed by atoms with Gasteiger partial charge in [0.25, 0.3) is 0 Å². The van der Waals surface area contributed by atoms with E-state index in [4.69, 9.17) is 11.6 Å². The Morgan fingerprint density at radius 3 is 1.79 bits per heavy atom. The summed E-state index contributed by atoms with van der Waals surface area (Å²) in [5, 5.41) is 3.22. The van der Waals surface area contributed by atoms with Crippen LogP contribution in [-0.2, 0) is 0 Å². The van der Waals surface area contributed by atoms with Gasteiger partial charge in [0.15, 0.2) is 0 Å². The maximum absolute atomic E-state index is 6.29. The van der Waals surface area contributed by atoms with Gasteiger partial charge in [0.2, 0.25) is 0 Å². The van der Waals surface area contributed by atoms with Gasteiger partial charge in [-0.05, 0) is 63.7 Å². The summed E-state index contributed by atoms with van der Waals surface area (Å²) >= 11 is 6.29. The first-order chi connectivity index (χ1) is 11.7. The minimum atomic E-state index is 0.770. The maximum Gasteiger partial charge on any atom is 0.0412 e. The molecule has 0 fully saturated rings. The molecule has 0 N–H and O–H groups in total. The lowest BCUT2D eigenvalue weighted by molar-refractivity contribution is 1.50. The van der Waals surface area contributed by atoms with E-state index in [0.29, 0.717) is 0 Å². The van der Waals surface area contributed by atoms with Crippen LogP contribution in [0.25, 0.3) is 33.0 Å². The number of rotatable bonds is 2. The van der Waals surface area contributed by atoms with Crippen molar-refractivity contribution >= 4 is 22.4 Å². The molecule has 116 valence electrons. The van der Waals surface area contributed by atoms with Crippen LogP contribution < -0.4 is 0 Å². The highest BCUT2D eigenvalue weighted by molar-refractivity contribution is 6.31. The molecule has 0 aromatic heterocycles. The lowest BCUT2D eigenvalue weighted by atomic mass is 9.89. The lowest BCUT2D eigenvalue weighted by Crippen LogP contribution is -1.90. The first-order valence-corrected chi connectivity index (χ1v) is 8.45. The summed E-state index contributed by atoms with van der Waals surface area (Å²) in [5.41, 5.74) is 6.22. The topological polar surface area (TPSA) is 0 Å². The second kappa shape index (κ2) is 6.14. The summed E-state index contributed by atoms with van der Waals surface area (Å²) in [7, 11) is 0. The molecular weight excluding hydrogens is 312 g/mol. The van der Waals surface area contributed by atoms with Crippen molar-refractivity contribution in [1.29, 1.82) is 0 Å². The first-order valence-electron chi connectivity index (χ1n) is 8.08. The number of benzene rings is 4. The highest BCUT2D eigenvalue weighted by atomic mass is 35.5. The third-order valence-electron chi connectivity index (χ3n) is 4.54. The van der Waals surface area contributed by atoms with Crippen molar-refractivity contribution in [2.24, 2.45) is 0 Å².